The molecule has 4 rings (SSSR count). The van der Waals surface area contributed by atoms with E-state index in [1.165, 1.54) is 5.56 Å². The molecule has 1 aliphatic heterocycles. The summed E-state index contributed by atoms with van der Waals surface area (Å²) < 4.78 is 2.06. The minimum absolute atomic E-state index is 0. The molecule has 1 N–H and O–H groups in total. The monoisotopic (exact) mass is 427 g/mol. The first-order valence-corrected chi connectivity index (χ1v) is 7.38. The summed E-state index contributed by atoms with van der Waals surface area (Å²) in [4.78, 5) is 8.98. The Balaban J connectivity index is 0.000000617. The largest absolute Gasteiger partial charge is 1.00 e. The van der Waals surface area contributed by atoms with Crippen LogP contribution in [0.1, 0.15) is 17.3 Å². The molecule has 0 amide bonds. The molecule has 1 saturated heterocycles. The summed E-state index contributed by atoms with van der Waals surface area (Å²) in [6.45, 7) is 12.1. The molecule has 0 aromatic carbocycles. The third-order valence-corrected chi connectivity index (χ3v) is 4.02. The van der Waals surface area contributed by atoms with Gasteiger partial charge in [0.2, 0.25) is 0 Å². The quantitative estimate of drug-likeness (QED) is 0.567. The minimum Gasteiger partial charge on any atom is -0.442 e. The van der Waals surface area contributed by atoms with E-state index in [-0.39, 0.29) is 68.9 Å². The number of fused-ring (bicyclic) bond motifs is 1. The molecule has 0 aliphatic carbocycles. The van der Waals surface area contributed by atoms with Crippen molar-refractivity contribution in [2.24, 2.45) is 0 Å². The van der Waals surface area contributed by atoms with E-state index < -0.39 is 0 Å². The van der Waals surface area contributed by atoms with Gasteiger partial charge in [-0.15, -0.1) is 13.2 Å². The fourth-order valence-electron chi connectivity index (χ4n) is 2.62. The first-order valence-electron chi connectivity index (χ1n) is 7.38. The number of nitrogens with one attached hydrogen (secondary N) is 1. The van der Waals surface area contributed by atoms with Gasteiger partial charge in [0, 0.05) is 24.8 Å². The maximum absolute atomic E-state index is 4.64. The molecule has 0 spiro atoms. The van der Waals surface area contributed by atoms with Crippen LogP contribution in [0, 0.1) is 13.8 Å². The standard InChI is InChI=1S/C15H16N5.C2H4.Cs/c1-9-3-4-17-15-12(9)5-14(18-15)13-8-20(19-10(13)2)11-6-16-7-11;1-2;/h3-5,8,11,16H,6-7H2,1-2H3;1-2H2;/q-1;;+1. The number of aromatic nitrogens is 4. The second-order valence-electron chi connectivity index (χ2n) is 5.43. The van der Waals surface area contributed by atoms with Crippen molar-refractivity contribution >= 4 is 11.0 Å². The van der Waals surface area contributed by atoms with Crippen molar-refractivity contribution in [3.05, 3.63) is 48.9 Å². The number of hydrogen-bond donors (Lipinski definition) is 1. The van der Waals surface area contributed by atoms with Crippen molar-refractivity contribution in [3.63, 3.8) is 0 Å². The van der Waals surface area contributed by atoms with E-state index in [0.29, 0.717) is 6.04 Å². The second kappa shape index (κ2) is 8.15. The summed E-state index contributed by atoms with van der Waals surface area (Å²) in [6.07, 6.45) is 3.92. The van der Waals surface area contributed by atoms with Crippen LogP contribution in [0.25, 0.3) is 22.3 Å². The molecule has 0 bridgehead atoms. The molecule has 114 valence electrons. The summed E-state index contributed by atoms with van der Waals surface area (Å²) in [5, 5.41) is 9.01. The second-order valence-corrected chi connectivity index (χ2v) is 5.43. The summed E-state index contributed by atoms with van der Waals surface area (Å²) in [5.74, 6) is 0. The van der Waals surface area contributed by atoms with E-state index in [0.717, 1.165) is 41.1 Å². The van der Waals surface area contributed by atoms with Crippen molar-refractivity contribution in [2.45, 2.75) is 19.9 Å². The van der Waals surface area contributed by atoms with Gasteiger partial charge < -0.3 is 15.3 Å². The number of hydrogen-bond acceptors (Lipinski definition) is 3. The molecule has 1 fully saturated rings. The average molecular weight is 427 g/mol. The zero-order chi connectivity index (χ0) is 15.7. The first kappa shape index (κ1) is 19.0. The Bertz CT molecular complexity index is 801. The van der Waals surface area contributed by atoms with Crippen molar-refractivity contribution in [2.75, 3.05) is 13.1 Å². The van der Waals surface area contributed by atoms with E-state index in [9.17, 15) is 0 Å². The molecule has 0 unspecified atom stereocenters. The molecule has 6 heteroatoms. The van der Waals surface area contributed by atoms with E-state index in [1.807, 2.05) is 19.2 Å². The van der Waals surface area contributed by atoms with E-state index >= 15 is 0 Å². The predicted molar refractivity (Wildman–Crippen MR) is 88.9 cm³/mol. The van der Waals surface area contributed by atoms with Crippen LogP contribution in [0.4, 0.5) is 0 Å². The minimum atomic E-state index is 0. The molecular formula is C17H20CsN5. The predicted octanol–water partition coefficient (Wildman–Crippen LogP) is -0.377. The number of nitrogens with zero attached hydrogens (tertiary/aromatic N) is 4. The molecule has 1 aliphatic rings. The van der Waals surface area contributed by atoms with Crippen LogP contribution in [-0.4, -0.2) is 27.9 Å². The van der Waals surface area contributed by atoms with Crippen molar-refractivity contribution in [1.82, 2.24) is 25.1 Å². The summed E-state index contributed by atoms with van der Waals surface area (Å²) in [7, 11) is 0. The molecule has 0 radical (unpaired) electrons. The van der Waals surface area contributed by atoms with Gasteiger partial charge in [-0.2, -0.15) is 5.10 Å². The third-order valence-electron chi connectivity index (χ3n) is 4.02. The van der Waals surface area contributed by atoms with Crippen molar-refractivity contribution < 1.29 is 68.9 Å². The van der Waals surface area contributed by atoms with Gasteiger partial charge in [0.15, 0.2) is 0 Å². The van der Waals surface area contributed by atoms with Crippen LogP contribution in [0.15, 0.2) is 37.7 Å². The average Bonchev–Trinajstić information content (AvgIpc) is 3.04. The van der Waals surface area contributed by atoms with Crippen LogP contribution in [0.5, 0.6) is 0 Å². The Labute approximate surface area is 195 Å². The topological polar surface area (TPSA) is 56.8 Å². The van der Waals surface area contributed by atoms with Crippen molar-refractivity contribution in [3.8, 4) is 11.3 Å². The zero-order valence-electron chi connectivity index (χ0n) is 14.0. The van der Waals surface area contributed by atoms with E-state index in [2.05, 4.69) is 57.4 Å². The van der Waals surface area contributed by atoms with Gasteiger partial charge in [-0.25, -0.2) is 0 Å². The van der Waals surface area contributed by atoms with Crippen LogP contribution in [0.2, 0.25) is 0 Å². The Morgan fingerprint density at radius 3 is 2.65 bits per heavy atom. The molecule has 3 aromatic rings. The molecule has 4 heterocycles. The summed E-state index contributed by atoms with van der Waals surface area (Å²) in [5.41, 5.74) is 5.13. The number of rotatable bonds is 2. The Morgan fingerprint density at radius 1 is 1.30 bits per heavy atom. The van der Waals surface area contributed by atoms with Crippen LogP contribution in [-0.2, 0) is 0 Å². The molecule has 3 aromatic heterocycles. The van der Waals surface area contributed by atoms with Crippen molar-refractivity contribution in [1.29, 1.82) is 0 Å². The Kier molecular flexibility index (Phi) is 6.73. The van der Waals surface area contributed by atoms with Gasteiger partial charge in [0.25, 0.3) is 0 Å². The first-order chi connectivity index (χ1) is 10.7. The Morgan fingerprint density at radius 2 is 2.04 bits per heavy atom. The van der Waals surface area contributed by atoms with E-state index in [1.54, 1.807) is 0 Å². The molecular weight excluding hydrogens is 407 g/mol. The van der Waals surface area contributed by atoms with E-state index in [4.69, 9.17) is 0 Å². The van der Waals surface area contributed by atoms with Gasteiger partial charge in [0.1, 0.15) is 0 Å². The van der Waals surface area contributed by atoms with Crippen LogP contribution >= 0.6 is 0 Å². The zero-order valence-corrected chi connectivity index (χ0v) is 20.3. The fraction of sp³-hybridized carbons (Fsp3) is 0.294. The SMILES string of the molecule is C=C.Cc1nn(C2CNC2)cc1-c1cc2c(C)ccnc2[n-]1.[Cs+]. The van der Waals surface area contributed by atoms with Gasteiger partial charge >= 0.3 is 68.9 Å². The summed E-state index contributed by atoms with van der Waals surface area (Å²) >= 11 is 0. The Hall–Kier alpha value is -0.348. The van der Waals surface area contributed by atoms with Gasteiger partial charge in [-0.1, -0.05) is 24.0 Å². The maximum atomic E-state index is 4.64. The number of aryl methyl sites for hydroxylation is 2. The van der Waals surface area contributed by atoms with Gasteiger partial charge in [0.05, 0.1) is 11.7 Å². The fourth-order valence-corrected chi connectivity index (χ4v) is 2.62. The number of pyridine rings is 1. The molecule has 5 nitrogen and oxygen atoms in total. The maximum Gasteiger partial charge on any atom is 1.00 e. The summed E-state index contributed by atoms with van der Waals surface area (Å²) in [6, 6.07) is 4.61. The van der Waals surface area contributed by atoms with Crippen LogP contribution in [0.3, 0.4) is 0 Å². The van der Waals surface area contributed by atoms with Crippen LogP contribution < -0.4 is 79.2 Å². The smallest absolute Gasteiger partial charge is 0.442 e. The van der Waals surface area contributed by atoms with Gasteiger partial charge in [-0.05, 0) is 30.5 Å². The third kappa shape index (κ3) is 3.68. The normalized spacial score (nSPS) is 13.8. The van der Waals surface area contributed by atoms with Gasteiger partial charge in [-0.3, -0.25) is 4.68 Å². The molecule has 23 heavy (non-hydrogen) atoms. The molecule has 0 saturated carbocycles. The molecule has 0 atom stereocenters.